The quantitative estimate of drug-likeness (QED) is 0.225. The lowest BCUT2D eigenvalue weighted by Gasteiger charge is -2.06. The molecule has 0 aliphatic carbocycles. The van der Waals surface area contributed by atoms with Crippen molar-refractivity contribution in [1.29, 1.82) is 0 Å². The molecule has 60 valence electrons. The Kier molecular flexibility index (Phi) is 4.66. The number of hydrogen-bond donors (Lipinski definition) is 3. The first-order chi connectivity index (χ1) is 4.74. The molecular weight excluding hydrogens is 128 g/mol. The van der Waals surface area contributed by atoms with Crippen molar-refractivity contribution in [3.8, 4) is 0 Å². The third kappa shape index (κ3) is 3.29. The van der Waals surface area contributed by atoms with E-state index in [-0.39, 0.29) is 0 Å². The average Bonchev–Trinajstić information content (AvgIpc) is 1.99. The number of nitrogens with zero attached hydrogens (tertiary/aromatic N) is 1. The van der Waals surface area contributed by atoms with Gasteiger partial charge in [-0.05, 0) is 12.8 Å². The maximum atomic E-state index is 5.34. The van der Waals surface area contributed by atoms with Crippen LogP contribution in [0.25, 0.3) is 0 Å². The van der Waals surface area contributed by atoms with Crippen molar-refractivity contribution in [2.24, 2.45) is 16.6 Å². The zero-order valence-corrected chi connectivity index (χ0v) is 6.59. The van der Waals surface area contributed by atoms with Gasteiger partial charge in [0.1, 0.15) is 0 Å². The molecule has 0 amide bonds. The summed E-state index contributed by atoms with van der Waals surface area (Å²) in [6.45, 7) is 4.14. The Bertz CT molecular complexity index is 106. The zero-order valence-electron chi connectivity index (χ0n) is 6.59. The van der Waals surface area contributed by atoms with Gasteiger partial charge in [-0.15, -0.1) is 0 Å². The Morgan fingerprint density at radius 3 is 2.30 bits per heavy atom. The topological polar surface area (TPSA) is 76.4 Å². The van der Waals surface area contributed by atoms with E-state index in [4.69, 9.17) is 11.6 Å². The summed E-state index contributed by atoms with van der Waals surface area (Å²) in [4.78, 5) is 4.09. The van der Waals surface area contributed by atoms with Crippen LogP contribution in [0.4, 0.5) is 0 Å². The summed E-state index contributed by atoms with van der Waals surface area (Å²) in [6, 6.07) is 0.302. The second kappa shape index (κ2) is 5.05. The highest BCUT2D eigenvalue weighted by Crippen LogP contribution is 2.00. The number of nitrogens with two attached hydrogens (primary N) is 2. The van der Waals surface area contributed by atoms with Crippen LogP contribution in [-0.4, -0.2) is 12.0 Å². The van der Waals surface area contributed by atoms with E-state index in [0.29, 0.717) is 12.0 Å². The second-order valence-corrected chi connectivity index (χ2v) is 2.13. The number of rotatable bonds is 3. The predicted octanol–water partition coefficient (Wildman–Crippen LogP) is -0.0470. The Balaban J connectivity index is 3.80. The van der Waals surface area contributed by atoms with E-state index in [0.717, 1.165) is 12.8 Å². The van der Waals surface area contributed by atoms with Gasteiger partial charge in [0, 0.05) is 0 Å². The smallest absolute Gasteiger partial charge is 0.203 e. The van der Waals surface area contributed by atoms with Gasteiger partial charge in [-0.2, -0.15) is 0 Å². The molecule has 0 bridgehead atoms. The third-order valence-electron chi connectivity index (χ3n) is 1.41. The molecule has 4 heteroatoms. The van der Waals surface area contributed by atoms with Gasteiger partial charge in [0.2, 0.25) is 5.96 Å². The van der Waals surface area contributed by atoms with Gasteiger partial charge in [0.05, 0.1) is 6.04 Å². The fraction of sp³-hybridized carbons (Fsp3) is 0.833. The molecule has 0 aromatic rings. The number of aliphatic imine (C=N–C) groups is 1. The minimum Gasteiger partial charge on any atom is -0.369 e. The maximum Gasteiger partial charge on any atom is 0.203 e. The van der Waals surface area contributed by atoms with E-state index < -0.39 is 0 Å². The highest BCUT2D eigenvalue weighted by molar-refractivity contribution is 5.77. The molecular formula is C6H16N4. The van der Waals surface area contributed by atoms with Crippen molar-refractivity contribution < 1.29 is 0 Å². The van der Waals surface area contributed by atoms with E-state index >= 15 is 0 Å². The van der Waals surface area contributed by atoms with Gasteiger partial charge in [-0.3, -0.25) is 5.43 Å². The lowest BCUT2D eigenvalue weighted by Crippen LogP contribution is -2.38. The first-order valence-electron chi connectivity index (χ1n) is 3.54. The third-order valence-corrected chi connectivity index (χ3v) is 1.41. The molecule has 0 saturated carbocycles. The molecule has 0 heterocycles. The minimum absolute atomic E-state index is 0.302. The fourth-order valence-electron chi connectivity index (χ4n) is 0.705. The Morgan fingerprint density at radius 2 is 2.00 bits per heavy atom. The number of hydrazine groups is 1. The molecule has 5 N–H and O–H groups in total. The van der Waals surface area contributed by atoms with Crippen molar-refractivity contribution in [3.05, 3.63) is 0 Å². The van der Waals surface area contributed by atoms with E-state index in [1.807, 2.05) is 0 Å². The summed E-state index contributed by atoms with van der Waals surface area (Å²) in [6.07, 6.45) is 2.00. The number of guanidine groups is 1. The summed E-state index contributed by atoms with van der Waals surface area (Å²) in [5, 5.41) is 0. The van der Waals surface area contributed by atoms with Crippen LogP contribution in [0.1, 0.15) is 26.7 Å². The summed E-state index contributed by atoms with van der Waals surface area (Å²) in [7, 11) is 0. The molecule has 0 aromatic carbocycles. The molecule has 0 aromatic heterocycles. The molecule has 0 rings (SSSR count). The second-order valence-electron chi connectivity index (χ2n) is 2.13. The van der Waals surface area contributed by atoms with Crippen LogP contribution < -0.4 is 17.0 Å². The van der Waals surface area contributed by atoms with Crippen LogP contribution >= 0.6 is 0 Å². The van der Waals surface area contributed by atoms with Gasteiger partial charge in [0.25, 0.3) is 0 Å². The average molecular weight is 144 g/mol. The molecule has 0 radical (unpaired) electrons. The highest BCUT2D eigenvalue weighted by Gasteiger charge is 1.99. The highest BCUT2D eigenvalue weighted by atomic mass is 15.3. The van der Waals surface area contributed by atoms with Crippen LogP contribution in [0.5, 0.6) is 0 Å². The molecule has 0 unspecified atom stereocenters. The summed E-state index contributed by atoms with van der Waals surface area (Å²) >= 11 is 0. The van der Waals surface area contributed by atoms with Crippen LogP contribution in [0.3, 0.4) is 0 Å². The van der Waals surface area contributed by atoms with Gasteiger partial charge >= 0.3 is 0 Å². The molecule has 0 atom stereocenters. The predicted molar refractivity (Wildman–Crippen MR) is 43.3 cm³/mol. The van der Waals surface area contributed by atoms with E-state index in [1.54, 1.807) is 0 Å². The van der Waals surface area contributed by atoms with Crippen LogP contribution in [0.2, 0.25) is 0 Å². The Labute approximate surface area is 61.7 Å². The molecule has 0 aliphatic heterocycles. The number of nitrogens with one attached hydrogen (secondary N) is 1. The monoisotopic (exact) mass is 144 g/mol. The van der Waals surface area contributed by atoms with Crippen LogP contribution in [-0.2, 0) is 0 Å². The largest absolute Gasteiger partial charge is 0.369 e. The van der Waals surface area contributed by atoms with E-state index in [1.165, 1.54) is 0 Å². The van der Waals surface area contributed by atoms with Crippen molar-refractivity contribution in [3.63, 3.8) is 0 Å². The molecule has 10 heavy (non-hydrogen) atoms. The van der Waals surface area contributed by atoms with Crippen molar-refractivity contribution in [1.82, 2.24) is 5.43 Å². The van der Waals surface area contributed by atoms with E-state index in [2.05, 4.69) is 24.3 Å². The van der Waals surface area contributed by atoms with Gasteiger partial charge in [-0.25, -0.2) is 10.8 Å². The summed E-state index contributed by atoms with van der Waals surface area (Å²) < 4.78 is 0. The standard InChI is InChI=1S/C6H16N4/c1-3-5(4-2)9-6(7)10-8/h5H,3-4,8H2,1-2H3,(H3,7,9,10). The Hall–Kier alpha value is -0.770. The van der Waals surface area contributed by atoms with Crippen molar-refractivity contribution >= 4 is 5.96 Å². The van der Waals surface area contributed by atoms with E-state index in [9.17, 15) is 0 Å². The molecule has 0 saturated heterocycles. The van der Waals surface area contributed by atoms with Crippen molar-refractivity contribution in [2.45, 2.75) is 32.7 Å². The fourth-order valence-corrected chi connectivity index (χ4v) is 0.705. The van der Waals surface area contributed by atoms with Gasteiger partial charge in [-0.1, -0.05) is 13.8 Å². The van der Waals surface area contributed by atoms with Gasteiger partial charge in [0.15, 0.2) is 0 Å². The lowest BCUT2D eigenvalue weighted by atomic mass is 10.2. The molecule has 0 aliphatic rings. The van der Waals surface area contributed by atoms with Gasteiger partial charge < -0.3 is 5.73 Å². The Morgan fingerprint density at radius 1 is 1.50 bits per heavy atom. The summed E-state index contributed by atoms with van der Waals surface area (Å²) in [5.74, 6) is 5.34. The lowest BCUT2D eigenvalue weighted by molar-refractivity contribution is 0.627. The SMILES string of the molecule is CCC(CC)N=C(N)NN. The van der Waals surface area contributed by atoms with Crippen LogP contribution in [0, 0.1) is 0 Å². The molecule has 0 spiro atoms. The normalized spacial score (nSPS) is 12.2. The first kappa shape index (κ1) is 9.23. The maximum absolute atomic E-state index is 5.34. The number of hydrogen-bond acceptors (Lipinski definition) is 2. The molecule has 4 nitrogen and oxygen atoms in total. The zero-order chi connectivity index (χ0) is 7.98. The minimum atomic E-state index is 0.302. The van der Waals surface area contributed by atoms with Crippen molar-refractivity contribution in [2.75, 3.05) is 0 Å². The molecule has 0 fully saturated rings. The summed E-state index contributed by atoms with van der Waals surface area (Å²) in [5.41, 5.74) is 7.63. The van der Waals surface area contributed by atoms with Crippen LogP contribution in [0.15, 0.2) is 4.99 Å². The first-order valence-corrected chi connectivity index (χ1v) is 3.54.